The van der Waals surface area contributed by atoms with Crippen LogP contribution in [-0.2, 0) is 4.79 Å². The zero-order valence-electron chi connectivity index (χ0n) is 11.7. The lowest BCUT2D eigenvalue weighted by Crippen LogP contribution is -2.52. The van der Waals surface area contributed by atoms with Crippen LogP contribution in [0.1, 0.15) is 33.6 Å². The standard InChI is InChI=1S/C13H26N2O3/c1-11(16)4-5-12(17)15-8-6-14(7-9-15)10-13(2,3)18/h11,16,18H,4-10H2,1-3H3. The van der Waals surface area contributed by atoms with Gasteiger partial charge in [-0.2, -0.15) is 0 Å². The number of rotatable bonds is 5. The van der Waals surface area contributed by atoms with Crippen LogP contribution in [0, 0.1) is 0 Å². The molecule has 0 aromatic heterocycles. The van der Waals surface area contributed by atoms with Crippen molar-refractivity contribution in [1.29, 1.82) is 0 Å². The molecule has 0 aliphatic carbocycles. The number of nitrogens with zero attached hydrogens (tertiary/aromatic N) is 2. The highest BCUT2D eigenvalue weighted by Crippen LogP contribution is 2.10. The Bertz CT molecular complexity index is 266. The molecule has 0 aromatic carbocycles. The van der Waals surface area contributed by atoms with Crippen LogP contribution >= 0.6 is 0 Å². The molecule has 1 rings (SSSR count). The average Bonchev–Trinajstić information content (AvgIpc) is 2.24. The predicted molar refractivity (Wildman–Crippen MR) is 70.2 cm³/mol. The van der Waals surface area contributed by atoms with Gasteiger partial charge in [0.05, 0.1) is 11.7 Å². The van der Waals surface area contributed by atoms with E-state index in [0.29, 0.717) is 32.5 Å². The molecular weight excluding hydrogens is 232 g/mol. The molecule has 1 fully saturated rings. The fraction of sp³-hybridized carbons (Fsp3) is 0.923. The lowest BCUT2D eigenvalue weighted by Gasteiger charge is -2.37. The molecule has 0 saturated carbocycles. The number of amides is 1. The van der Waals surface area contributed by atoms with E-state index in [4.69, 9.17) is 5.11 Å². The first-order valence-electron chi connectivity index (χ1n) is 6.68. The van der Waals surface area contributed by atoms with E-state index in [1.165, 1.54) is 0 Å². The third kappa shape index (κ3) is 5.80. The van der Waals surface area contributed by atoms with Gasteiger partial charge in [-0.05, 0) is 27.2 Å². The smallest absolute Gasteiger partial charge is 0.222 e. The molecule has 0 bridgehead atoms. The second kappa shape index (κ2) is 6.50. The number of β-amino-alcohol motifs (C(OH)–C–C–N with tert-alkyl or cyclic N) is 1. The largest absolute Gasteiger partial charge is 0.393 e. The van der Waals surface area contributed by atoms with Gasteiger partial charge in [0.25, 0.3) is 0 Å². The van der Waals surface area contributed by atoms with Crippen molar-refractivity contribution in [3.8, 4) is 0 Å². The van der Waals surface area contributed by atoms with Gasteiger partial charge in [0, 0.05) is 39.1 Å². The van der Waals surface area contributed by atoms with Gasteiger partial charge in [-0.25, -0.2) is 0 Å². The van der Waals surface area contributed by atoms with Crippen molar-refractivity contribution in [2.24, 2.45) is 0 Å². The summed E-state index contributed by atoms with van der Waals surface area (Å²) in [5.41, 5.74) is -0.682. The molecule has 1 heterocycles. The Morgan fingerprint density at radius 3 is 2.28 bits per heavy atom. The maximum Gasteiger partial charge on any atom is 0.222 e. The summed E-state index contributed by atoms with van der Waals surface area (Å²) >= 11 is 0. The Labute approximate surface area is 109 Å². The molecule has 0 spiro atoms. The molecule has 1 aliphatic rings. The van der Waals surface area contributed by atoms with Crippen molar-refractivity contribution >= 4 is 5.91 Å². The summed E-state index contributed by atoms with van der Waals surface area (Å²) in [6.07, 6.45) is 0.539. The Morgan fingerprint density at radius 2 is 1.83 bits per heavy atom. The molecule has 0 radical (unpaired) electrons. The zero-order valence-corrected chi connectivity index (χ0v) is 11.7. The molecule has 2 N–H and O–H groups in total. The molecule has 1 unspecified atom stereocenters. The Hall–Kier alpha value is -0.650. The molecular formula is C13H26N2O3. The third-order valence-electron chi connectivity index (χ3n) is 3.11. The van der Waals surface area contributed by atoms with Crippen LogP contribution in [0.2, 0.25) is 0 Å². The van der Waals surface area contributed by atoms with Crippen molar-refractivity contribution in [2.45, 2.75) is 45.3 Å². The first kappa shape index (κ1) is 15.4. The second-order valence-electron chi connectivity index (χ2n) is 5.86. The summed E-state index contributed by atoms with van der Waals surface area (Å²) in [6.45, 7) is 9.00. The van der Waals surface area contributed by atoms with Crippen LogP contribution in [0.25, 0.3) is 0 Å². The van der Waals surface area contributed by atoms with Crippen LogP contribution in [0.5, 0.6) is 0 Å². The number of carbonyl (C=O) groups is 1. The number of aliphatic hydroxyl groups is 2. The van der Waals surface area contributed by atoms with Gasteiger partial charge in [-0.3, -0.25) is 9.69 Å². The van der Waals surface area contributed by atoms with E-state index < -0.39 is 11.7 Å². The fourth-order valence-electron chi connectivity index (χ4n) is 2.19. The van der Waals surface area contributed by atoms with E-state index in [9.17, 15) is 9.90 Å². The molecule has 1 aliphatic heterocycles. The Morgan fingerprint density at radius 1 is 1.28 bits per heavy atom. The van der Waals surface area contributed by atoms with Crippen molar-refractivity contribution in [3.63, 3.8) is 0 Å². The Kier molecular flexibility index (Phi) is 5.56. The predicted octanol–water partition coefficient (Wildman–Crippen LogP) is 0.0625. The summed E-state index contributed by atoms with van der Waals surface area (Å²) in [7, 11) is 0. The zero-order chi connectivity index (χ0) is 13.8. The van der Waals surface area contributed by atoms with E-state index in [1.807, 2.05) is 4.90 Å². The minimum atomic E-state index is -0.682. The van der Waals surface area contributed by atoms with E-state index >= 15 is 0 Å². The summed E-state index contributed by atoms with van der Waals surface area (Å²) in [4.78, 5) is 15.9. The lowest BCUT2D eigenvalue weighted by molar-refractivity contribution is -0.133. The van der Waals surface area contributed by atoms with E-state index in [0.717, 1.165) is 13.1 Å². The summed E-state index contributed by atoms with van der Waals surface area (Å²) in [6, 6.07) is 0. The molecule has 18 heavy (non-hydrogen) atoms. The summed E-state index contributed by atoms with van der Waals surface area (Å²) < 4.78 is 0. The SMILES string of the molecule is CC(O)CCC(=O)N1CCN(CC(C)(C)O)CC1. The molecule has 1 atom stereocenters. The molecule has 1 saturated heterocycles. The van der Waals surface area contributed by atoms with Gasteiger partial charge in [-0.1, -0.05) is 0 Å². The van der Waals surface area contributed by atoms with E-state index in [2.05, 4.69) is 4.90 Å². The average molecular weight is 258 g/mol. The monoisotopic (exact) mass is 258 g/mol. The van der Waals surface area contributed by atoms with Crippen LogP contribution in [0.15, 0.2) is 0 Å². The van der Waals surface area contributed by atoms with Crippen molar-refractivity contribution < 1.29 is 15.0 Å². The summed E-state index contributed by atoms with van der Waals surface area (Å²) in [5, 5.41) is 18.9. The number of carbonyl (C=O) groups excluding carboxylic acids is 1. The Balaban J connectivity index is 2.28. The first-order valence-corrected chi connectivity index (χ1v) is 6.68. The quantitative estimate of drug-likeness (QED) is 0.732. The fourth-order valence-corrected chi connectivity index (χ4v) is 2.19. The van der Waals surface area contributed by atoms with Crippen LogP contribution in [0.3, 0.4) is 0 Å². The minimum Gasteiger partial charge on any atom is -0.393 e. The van der Waals surface area contributed by atoms with Gasteiger partial charge >= 0.3 is 0 Å². The summed E-state index contributed by atoms with van der Waals surface area (Å²) in [5.74, 6) is 0.124. The van der Waals surface area contributed by atoms with Gasteiger partial charge < -0.3 is 15.1 Å². The van der Waals surface area contributed by atoms with Crippen molar-refractivity contribution in [1.82, 2.24) is 9.80 Å². The number of aliphatic hydroxyl groups excluding tert-OH is 1. The molecule has 0 aromatic rings. The normalized spacial score (nSPS) is 19.9. The first-order chi connectivity index (χ1) is 8.28. The molecule has 5 nitrogen and oxygen atoms in total. The van der Waals surface area contributed by atoms with Crippen LogP contribution in [0.4, 0.5) is 0 Å². The molecule has 5 heteroatoms. The van der Waals surface area contributed by atoms with Gasteiger partial charge in [0.15, 0.2) is 0 Å². The van der Waals surface area contributed by atoms with Gasteiger partial charge in [0.2, 0.25) is 5.91 Å². The third-order valence-corrected chi connectivity index (χ3v) is 3.11. The maximum absolute atomic E-state index is 11.8. The number of piperazine rings is 1. The molecule has 1 amide bonds. The van der Waals surface area contributed by atoms with Crippen LogP contribution in [-0.4, -0.2) is 70.3 Å². The van der Waals surface area contributed by atoms with E-state index in [1.54, 1.807) is 20.8 Å². The highest BCUT2D eigenvalue weighted by Gasteiger charge is 2.24. The number of hydrogen-bond donors (Lipinski definition) is 2. The maximum atomic E-state index is 11.8. The highest BCUT2D eigenvalue weighted by atomic mass is 16.3. The minimum absolute atomic E-state index is 0.124. The molecule has 106 valence electrons. The topological polar surface area (TPSA) is 64.0 Å². The van der Waals surface area contributed by atoms with Crippen LogP contribution < -0.4 is 0 Å². The van der Waals surface area contributed by atoms with E-state index in [-0.39, 0.29) is 5.91 Å². The van der Waals surface area contributed by atoms with Crippen molar-refractivity contribution in [3.05, 3.63) is 0 Å². The van der Waals surface area contributed by atoms with Gasteiger partial charge in [-0.15, -0.1) is 0 Å². The number of hydrogen-bond acceptors (Lipinski definition) is 4. The highest BCUT2D eigenvalue weighted by molar-refractivity contribution is 5.76. The van der Waals surface area contributed by atoms with Crippen molar-refractivity contribution in [2.75, 3.05) is 32.7 Å². The lowest BCUT2D eigenvalue weighted by atomic mass is 10.1. The van der Waals surface area contributed by atoms with Gasteiger partial charge in [0.1, 0.15) is 0 Å². The second-order valence-corrected chi connectivity index (χ2v) is 5.86.